The summed E-state index contributed by atoms with van der Waals surface area (Å²) in [6, 6.07) is 0. The molecule has 6 heteroatoms. The highest BCUT2D eigenvalue weighted by Gasteiger charge is 2.45. The second-order valence-corrected chi connectivity index (χ2v) is 4.51. The van der Waals surface area contributed by atoms with Crippen LogP contribution in [0.25, 0.3) is 0 Å². The van der Waals surface area contributed by atoms with Gasteiger partial charge in [0.05, 0.1) is 11.8 Å². The molecule has 2 saturated heterocycles. The molecule has 0 aromatic rings. The Morgan fingerprint density at radius 1 is 1.38 bits per heavy atom. The molecule has 2 aliphatic rings. The molecule has 0 radical (unpaired) electrons. The zero-order valence-corrected chi connectivity index (χ0v) is 9.50. The molecule has 0 saturated carbocycles. The molecule has 2 heterocycles. The monoisotopic (exact) mass is 244 g/mol. The summed E-state index contributed by atoms with van der Waals surface area (Å²) in [4.78, 5) is 36.0. The van der Waals surface area contributed by atoms with Crippen molar-refractivity contribution in [3.8, 4) is 0 Å². The SMILES string of the molecule is O=C1NC(=O)[C@@H]2CN(C(=O)CCCl)CC[C@@H]12. The number of rotatable bonds is 2. The smallest absolute Gasteiger partial charge is 0.232 e. The van der Waals surface area contributed by atoms with Crippen LogP contribution < -0.4 is 5.32 Å². The van der Waals surface area contributed by atoms with Gasteiger partial charge in [-0.3, -0.25) is 19.7 Å². The molecule has 1 N–H and O–H groups in total. The fraction of sp³-hybridized carbons (Fsp3) is 0.700. The van der Waals surface area contributed by atoms with E-state index in [0.29, 0.717) is 19.5 Å². The number of amides is 3. The van der Waals surface area contributed by atoms with Crippen LogP contribution in [0, 0.1) is 11.8 Å². The Morgan fingerprint density at radius 3 is 2.75 bits per heavy atom. The minimum atomic E-state index is -0.361. The fourth-order valence-electron chi connectivity index (χ4n) is 2.30. The maximum Gasteiger partial charge on any atom is 0.232 e. The van der Waals surface area contributed by atoms with Crippen LogP contribution in [0.4, 0.5) is 0 Å². The third kappa shape index (κ3) is 1.91. The van der Waals surface area contributed by atoms with Crippen molar-refractivity contribution in [3.05, 3.63) is 0 Å². The highest BCUT2D eigenvalue weighted by atomic mass is 35.5. The molecular weight excluding hydrogens is 232 g/mol. The summed E-state index contributed by atoms with van der Waals surface area (Å²) in [7, 11) is 0. The molecular formula is C10H13ClN2O3. The van der Waals surface area contributed by atoms with E-state index in [1.807, 2.05) is 0 Å². The Hall–Kier alpha value is -1.10. The Morgan fingerprint density at radius 2 is 2.06 bits per heavy atom. The van der Waals surface area contributed by atoms with Crippen LogP contribution in [-0.4, -0.2) is 41.6 Å². The second kappa shape index (κ2) is 4.41. The van der Waals surface area contributed by atoms with Gasteiger partial charge in [0, 0.05) is 25.4 Å². The number of hydrogen-bond donors (Lipinski definition) is 1. The predicted octanol–water partition coefficient (Wildman–Crippen LogP) is -0.264. The standard InChI is InChI=1S/C10H13ClN2O3/c11-3-1-8(14)13-4-2-6-7(5-13)10(16)12-9(6)15/h6-7H,1-5H2,(H,12,15,16)/t6-,7-/m1/s1. The van der Waals surface area contributed by atoms with Crippen LogP contribution in [0.3, 0.4) is 0 Å². The lowest BCUT2D eigenvalue weighted by Gasteiger charge is -2.32. The lowest BCUT2D eigenvalue weighted by molar-refractivity contribution is -0.136. The second-order valence-electron chi connectivity index (χ2n) is 4.13. The number of carbonyl (C=O) groups excluding carboxylic acids is 3. The third-order valence-corrected chi connectivity index (χ3v) is 3.38. The molecule has 0 aromatic heterocycles. The molecule has 0 bridgehead atoms. The Bertz CT molecular complexity index is 345. The van der Waals surface area contributed by atoms with Gasteiger partial charge in [-0.25, -0.2) is 0 Å². The molecule has 0 aromatic carbocycles. The molecule has 16 heavy (non-hydrogen) atoms. The van der Waals surface area contributed by atoms with Crippen molar-refractivity contribution in [2.75, 3.05) is 19.0 Å². The Kier molecular flexibility index (Phi) is 3.14. The van der Waals surface area contributed by atoms with E-state index < -0.39 is 0 Å². The number of hydrogen-bond acceptors (Lipinski definition) is 3. The molecule has 2 atom stereocenters. The van der Waals surface area contributed by atoms with Crippen LogP contribution >= 0.6 is 11.6 Å². The topological polar surface area (TPSA) is 66.5 Å². The lowest BCUT2D eigenvalue weighted by Crippen LogP contribution is -2.45. The summed E-state index contributed by atoms with van der Waals surface area (Å²) >= 11 is 5.50. The number of fused-ring (bicyclic) bond motifs is 1. The largest absolute Gasteiger partial charge is 0.342 e. The van der Waals surface area contributed by atoms with E-state index in [4.69, 9.17) is 11.6 Å². The van der Waals surface area contributed by atoms with Crippen LogP contribution in [0.1, 0.15) is 12.8 Å². The first kappa shape index (κ1) is 11.4. The van der Waals surface area contributed by atoms with Gasteiger partial charge in [0.15, 0.2) is 0 Å². The zero-order valence-electron chi connectivity index (χ0n) is 8.74. The van der Waals surface area contributed by atoms with Gasteiger partial charge in [-0.2, -0.15) is 0 Å². The van der Waals surface area contributed by atoms with Gasteiger partial charge in [-0.15, -0.1) is 11.6 Å². The Labute approximate surface area is 98.1 Å². The minimum absolute atomic E-state index is 0.0411. The summed E-state index contributed by atoms with van der Waals surface area (Å²) in [6.07, 6.45) is 0.852. The highest BCUT2D eigenvalue weighted by Crippen LogP contribution is 2.28. The van der Waals surface area contributed by atoms with Crippen molar-refractivity contribution < 1.29 is 14.4 Å². The first-order valence-electron chi connectivity index (χ1n) is 5.32. The van der Waals surface area contributed by atoms with Crippen LogP contribution in [0.5, 0.6) is 0 Å². The lowest BCUT2D eigenvalue weighted by atomic mass is 9.87. The van der Waals surface area contributed by atoms with Gasteiger partial charge in [0.25, 0.3) is 0 Å². The number of imide groups is 1. The van der Waals surface area contributed by atoms with E-state index in [2.05, 4.69) is 5.32 Å². The molecule has 0 unspecified atom stereocenters. The van der Waals surface area contributed by atoms with Crippen molar-refractivity contribution >= 4 is 29.3 Å². The number of piperidine rings is 1. The summed E-state index contributed by atoms with van der Waals surface area (Å²) in [5.41, 5.74) is 0. The maximum absolute atomic E-state index is 11.6. The van der Waals surface area contributed by atoms with E-state index in [-0.39, 0.29) is 41.9 Å². The summed E-state index contributed by atoms with van der Waals surface area (Å²) in [6.45, 7) is 0.884. The molecule has 2 fully saturated rings. The summed E-state index contributed by atoms with van der Waals surface area (Å²) in [5.74, 6) is -0.805. The van der Waals surface area contributed by atoms with Crippen molar-refractivity contribution in [2.45, 2.75) is 12.8 Å². The van der Waals surface area contributed by atoms with E-state index in [0.717, 1.165) is 0 Å². The van der Waals surface area contributed by atoms with Gasteiger partial charge in [-0.05, 0) is 6.42 Å². The highest BCUT2D eigenvalue weighted by molar-refractivity contribution is 6.18. The molecule has 3 amide bonds. The van der Waals surface area contributed by atoms with Gasteiger partial charge in [-0.1, -0.05) is 0 Å². The molecule has 2 rings (SSSR count). The molecule has 88 valence electrons. The fourth-order valence-corrected chi connectivity index (χ4v) is 2.47. The van der Waals surface area contributed by atoms with Crippen LogP contribution in [0.2, 0.25) is 0 Å². The number of carbonyl (C=O) groups is 3. The number of nitrogens with one attached hydrogen (secondary N) is 1. The van der Waals surface area contributed by atoms with Crippen LogP contribution in [-0.2, 0) is 14.4 Å². The van der Waals surface area contributed by atoms with Gasteiger partial charge < -0.3 is 4.90 Å². The minimum Gasteiger partial charge on any atom is -0.342 e. The summed E-state index contributed by atoms with van der Waals surface area (Å²) in [5, 5.41) is 2.31. The quantitative estimate of drug-likeness (QED) is 0.538. The predicted molar refractivity (Wildman–Crippen MR) is 56.7 cm³/mol. The van der Waals surface area contributed by atoms with E-state index in [9.17, 15) is 14.4 Å². The third-order valence-electron chi connectivity index (χ3n) is 3.19. The number of likely N-dealkylation sites (tertiary alicyclic amines) is 1. The average Bonchev–Trinajstić information content (AvgIpc) is 2.55. The van der Waals surface area contributed by atoms with E-state index >= 15 is 0 Å². The number of nitrogens with zero attached hydrogens (tertiary/aromatic N) is 1. The molecule has 2 aliphatic heterocycles. The molecule has 0 spiro atoms. The van der Waals surface area contributed by atoms with Crippen molar-refractivity contribution in [3.63, 3.8) is 0 Å². The maximum atomic E-state index is 11.6. The van der Waals surface area contributed by atoms with Crippen molar-refractivity contribution in [1.29, 1.82) is 0 Å². The number of alkyl halides is 1. The van der Waals surface area contributed by atoms with Gasteiger partial charge >= 0.3 is 0 Å². The van der Waals surface area contributed by atoms with Crippen molar-refractivity contribution in [2.24, 2.45) is 11.8 Å². The van der Waals surface area contributed by atoms with E-state index in [1.165, 1.54) is 0 Å². The van der Waals surface area contributed by atoms with Gasteiger partial charge in [0.1, 0.15) is 0 Å². The normalized spacial score (nSPS) is 28.9. The summed E-state index contributed by atoms with van der Waals surface area (Å²) < 4.78 is 0. The average molecular weight is 245 g/mol. The van der Waals surface area contributed by atoms with Crippen molar-refractivity contribution in [1.82, 2.24) is 10.2 Å². The first-order chi connectivity index (χ1) is 7.63. The van der Waals surface area contributed by atoms with Crippen LogP contribution in [0.15, 0.2) is 0 Å². The Balaban J connectivity index is 2.02. The molecule has 0 aliphatic carbocycles. The number of halogens is 1. The molecule has 5 nitrogen and oxygen atoms in total. The zero-order chi connectivity index (χ0) is 11.7. The van der Waals surface area contributed by atoms with E-state index in [1.54, 1.807) is 4.90 Å². The van der Waals surface area contributed by atoms with Gasteiger partial charge in [0.2, 0.25) is 17.7 Å². The first-order valence-corrected chi connectivity index (χ1v) is 5.85.